The molecular formula is C20H25ClN6S. The SMILES string of the molecule is Cc1cc(C)nc(NC(=NCc2ccccc2Cl)NC(=S)NC2CCCC2)n1. The Hall–Kier alpha value is -2.25. The maximum atomic E-state index is 6.26. The van der Waals surface area contributed by atoms with E-state index >= 15 is 0 Å². The summed E-state index contributed by atoms with van der Waals surface area (Å²) < 4.78 is 0. The van der Waals surface area contributed by atoms with Crippen LogP contribution in [0, 0.1) is 13.8 Å². The monoisotopic (exact) mass is 416 g/mol. The molecule has 6 nitrogen and oxygen atoms in total. The highest BCUT2D eigenvalue weighted by Gasteiger charge is 2.16. The summed E-state index contributed by atoms with van der Waals surface area (Å²) in [6.45, 7) is 4.27. The Morgan fingerprint density at radius 2 is 1.86 bits per heavy atom. The van der Waals surface area contributed by atoms with Gasteiger partial charge in [-0.2, -0.15) is 0 Å². The Bertz CT molecular complexity index is 843. The van der Waals surface area contributed by atoms with E-state index in [9.17, 15) is 0 Å². The average Bonchev–Trinajstić information content (AvgIpc) is 3.12. The van der Waals surface area contributed by atoms with Gasteiger partial charge in [0.2, 0.25) is 11.9 Å². The molecule has 0 amide bonds. The number of hydrogen-bond donors (Lipinski definition) is 3. The van der Waals surface area contributed by atoms with Gasteiger partial charge in [0.05, 0.1) is 6.54 Å². The minimum Gasteiger partial charge on any atom is -0.360 e. The summed E-state index contributed by atoms with van der Waals surface area (Å²) in [5, 5.41) is 10.9. The molecule has 0 radical (unpaired) electrons. The van der Waals surface area contributed by atoms with Crippen LogP contribution in [-0.4, -0.2) is 27.1 Å². The van der Waals surface area contributed by atoms with Crippen LogP contribution in [0.5, 0.6) is 0 Å². The number of rotatable bonds is 4. The zero-order chi connectivity index (χ0) is 19.9. The third-order valence-corrected chi connectivity index (χ3v) is 5.09. The minimum atomic E-state index is 0.409. The molecule has 1 heterocycles. The number of aryl methyl sites for hydroxylation is 2. The van der Waals surface area contributed by atoms with Gasteiger partial charge in [-0.1, -0.05) is 42.6 Å². The van der Waals surface area contributed by atoms with E-state index < -0.39 is 0 Å². The molecule has 0 atom stereocenters. The fraction of sp³-hybridized carbons (Fsp3) is 0.400. The van der Waals surface area contributed by atoms with Gasteiger partial charge in [-0.3, -0.25) is 5.32 Å². The van der Waals surface area contributed by atoms with Gasteiger partial charge in [-0.25, -0.2) is 15.0 Å². The first kappa shape index (κ1) is 20.5. The van der Waals surface area contributed by atoms with Crippen molar-refractivity contribution in [3.8, 4) is 0 Å². The van der Waals surface area contributed by atoms with Crippen molar-refractivity contribution in [2.24, 2.45) is 4.99 Å². The van der Waals surface area contributed by atoms with E-state index in [1.54, 1.807) is 0 Å². The molecule has 28 heavy (non-hydrogen) atoms. The molecule has 0 aliphatic heterocycles. The van der Waals surface area contributed by atoms with Gasteiger partial charge in [-0.15, -0.1) is 0 Å². The topological polar surface area (TPSA) is 74.2 Å². The van der Waals surface area contributed by atoms with Crippen molar-refractivity contribution in [2.45, 2.75) is 52.1 Å². The zero-order valence-corrected chi connectivity index (χ0v) is 17.7. The second-order valence-electron chi connectivity index (χ2n) is 6.94. The lowest BCUT2D eigenvalue weighted by atomic mass is 10.2. The van der Waals surface area contributed by atoms with Gasteiger partial charge in [0.25, 0.3) is 0 Å². The molecule has 0 bridgehead atoms. The van der Waals surface area contributed by atoms with Crippen molar-refractivity contribution < 1.29 is 0 Å². The van der Waals surface area contributed by atoms with Crippen molar-refractivity contribution >= 4 is 40.8 Å². The Morgan fingerprint density at radius 3 is 2.54 bits per heavy atom. The van der Waals surface area contributed by atoms with Crippen LogP contribution >= 0.6 is 23.8 Å². The Morgan fingerprint density at radius 1 is 1.18 bits per heavy atom. The molecule has 1 aliphatic rings. The second-order valence-corrected chi connectivity index (χ2v) is 7.75. The molecule has 1 fully saturated rings. The standard InChI is InChI=1S/C20H25ClN6S/c1-13-11-14(2)24-19(23-13)26-18(22-12-15-7-3-6-10-17(15)21)27-20(28)25-16-8-4-5-9-16/h3,6-7,10-11,16H,4-5,8-9,12H2,1-2H3,(H3,22,23,24,25,26,27,28). The van der Waals surface area contributed by atoms with E-state index in [4.69, 9.17) is 23.8 Å². The number of halogens is 1. The van der Waals surface area contributed by atoms with Crippen LogP contribution in [0.3, 0.4) is 0 Å². The number of guanidine groups is 1. The second kappa shape index (κ2) is 9.80. The smallest absolute Gasteiger partial charge is 0.229 e. The molecule has 3 N–H and O–H groups in total. The zero-order valence-electron chi connectivity index (χ0n) is 16.1. The fourth-order valence-corrected chi connectivity index (χ4v) is 3.65. The third kappa shape index (κ3) is 6.14. The van der Waals surface area contributed by atoms with Gasteiger partial charge in [0.1, 0.15) is 0 Å². The molecule has 1 saturated carbocycles. The summed E-state index contributed by atoms with van der Waals surface area (Å²) in [4.78, 5) is 13.5. The predicted octanol–water partition coefficient (Wildman–Crippen LogP) is 4.12. The van der Waals surface area contributed by atoms with E-state index in [2.05, 4.69) is 30.9 Å². The number of aliphatic imine (C=N–C) groups is 1. The van der Waals surface area contributed by atoms with E-state index in [0.717, 1.165) is 29.8 Å². The van der Waals surface area contributed by atoms with Gasteiger partial charge in [0.15, 0.2) is 5.11 Å². The molecule has 2 aromatic rings. The van der Waals surface area contributed by atoms with Crippen LogP contribution in [0.4, 0.5) is 5.95 Å². The first-order valence-electron chi connectivity index (χ1n) is 9.44. The molecule has 3 rings (SSSR count). The predicted molar refractivity (Wildman–Crippen MR) is 119 cm³/mol. The number of anilines is 1. The van der Waals surface area contributed by atoms with E-state index in [0.29, 0.717) is 34.6 Å². The van der Waals surface area contributed by atoms with Crippen molar-refractivity contribution in [3.63, 3.8) is 0 Å². The number of hydrogen-bond acceptors (Lipinski definition) is 4. The van der Waals surface area contributed by atoms with Crippen molar-refractivity contribution in [1.29, 1.82) is 0 Å². The largest absolute Gasteiger partial charge is 0.360 e. The lowest BCUT2D eigenvalue weighted by Crippen LogP contribution is -2.46. The van der Waals surface area contributed by atoms with Crippen LogP contribution in [0.2, 0.25) is 5.02 Å². The summed E-state index contributed by atoms with van der Waals surface area (Å²) in [6, 6.07) is 9.99. The van der Waals surface area contributed by atoms with Gasteiger partial charge >= 0.3 is 0 Å². The molecule has 1 aromatic heterocycles. The Kier molecular flexibility index (Phi) is 7.17. The maximum absolute atomic E-state index is 6.26. The molecule has 0 spiro atoms. The first-order valence-corrected chi connectivity index (χ1v) is 10.2. The molecule has 148 valence electrons. The van der Waals surface area contributed by atoms with Crippen LogP contribution in [0.1, 0.15) is 42.6 Å². The summed E-state index contributed by atoms with van der Waals surface area (Å²) >= 11 is 11.7. The summed E-state index contributed by atoms with van der Waals surface area (Å²) in [5.41, 5.74) is 2.69. The summed E-state index contributed by atoms with van der Waals surface area (Å²) in [5.74, 6) is 0.965. The van der Waals surface area contributed by atoms with Crippen molar-refractivity contribution in [2.75, 3.05) is 5.32 Å². The van der Waals surface area contributed by atoms with Crippen LogP contribution in [0.25, 0.3) is 0 Å². The minimum absolute atomic E-state index is 0.409. The number of nitrogens with zero attached hydrogens (tertiary/aromatic N) is 3. The Labute approximate surface area is 176 Å². The third-order valence-electron chi connectivity index (χ3n) is 4.50. The van der Waals surface area contributed by atoms with Gasteiger partial charge < -0.3 is 10.6 Å². The van der Waals surface area contributed by atoms with Gasteiger partial charge in [0, 0.05) is 22.5 Å². The number of nitrogens with one attached hydrogen (secondary N) is 3. The number of benzene rings is 1. The quantitative estimate of drug-likeness (QED) is 0.395. The van der Waals surface area contributed by atoms with Crippen LogP contribution in [-0.2, 0) is 6.54 Å². The fourth-order valence-electron chi connectivity index (χ4n) is 3.19. The van der Waals surface area contributed by atoms with E-state index in [1.807, 2.05) is 44.2 Å². The van der Waals surface area contributed by atoms with E-state index in [1.165, 1.54) is 12.8 Å². The normalized spacial score (nSPS) is 14.8. The highest BCUT2D eigenvalue weighted by Crippen LogP contribution is 2.18. The van der Waals surface area contributed by atoms with Crippen LogP contribution in [0.15, 0.2) is 35.3 Å². The molecule has 0 unspecified atom stereocenters. The highest BCUT2D eigenvalue weighted by molar-refractivity contribution is 7.80. The molecular weight excluding hydrogens is 392 g/mol. The molecule has 1 aromatic carbocycles. The number of thiocarbonyl (C=S) groups is 1. The average molecular weight is 417 g/mol. The van der Waals surface area contributed by atoms with Crippen LogP contribution < -0.4 is 16.0 Å². The summed E-state index contributed by atoms with van der Waals surface area (Å²) in [6.07, 6.45) is 4.76. The lowest BCUT2D eigenvalue weighted by molar-refractivity contribution is 0.629. The molecule has 8 heteroatoms. The molecule has 0 saturated heterocycles. The Balaban J connectivity index is 1.74. The van der Waals surface area contributed by atoms with Crippen molar-refractivity contribution in [3.05, 3.63) is 52.3 Å². The lowest BCUT2D eigenvalue weighted by Gasteiger charge is -2.17. The maximum Gasteiger partial charge on any atom is 0.229 e. The number of aromatic nitrogens is 2. The summed E-state index contributed by atoms with van der Waals surface area (Å²) in [7, 11) is 0. The first-order chi connectivity index (χ1) is 13.5. The van der Waals surface area contributed by atoms with Gasteiger partial charge in [-0.05, 0) is 56.6 Å². The highest BCUT2D eigenvalue weighted by atomic mass is 35.5. The van der Waals surface area contributed by atoms with E-state index in [-0.39, 0.29) is 0 Å². The van der Waals surface area contributed by atoms with Crippen molar-refractivity contribution in [1.82, 2.24) is 20.6 Å². The molecule has 1 aliphatic carbocycles.